The molecule has 1 aliphatic rings. The number of thiazole rings is 1. The molecule has 0 N–H and O–H groups in total. The van der Waals surface area contributed by atoms with Crippen LogP contribution in [0.5, 0.6) is 0 Å². The van der Waals surface area contributed by atoms with Crippen LogP contribution in [0, 0.1) is 0 Å². The SMILES string of the molecule is CC(=O)N(c1ccccc1)c1nc(C=CC(=O)N2CCCc3cc(Br)ccc32)cs1. The van der Waals surface area contributed by atoms with Gasteiger partial charge in [0.2, 0.25) is 5.91 Å². The third kappa shape index (κ3) is 4.37. The van der Waals surface area contributed by atoms with Crippen molar-refractivity contribution in [1.82, 2.24) is 4.98 Å². The number of amides is 2. The fourth-order valence-electron chi connectivity index (χ4n) is 3.50. The summed E-state index contributed by atoms with van der Waals surface area (Å²) in [7, 11) is 0. The normalized spacial score (nSPS) is 13.3. The van der Waals surface area contributed by atoms with Gasteiger partial charge >= 0.3 is 0 Å². The maximum absolute atomic E-state index is 12.8. The highest BCUT2D eigenvalue weighted by Gasteiger charge is 2.21. The standard InChI is InChI=1S/C23H20BrN3O2S/c1-16(28)27(20-7-3-2-4-8-20)23-25-19(15-30-23)10-12-22(29)26-13-5-6-17-14-18(24)9-11-21(17)26/h2-4,7-12,14-15H,5-6,13H2,1H3. The van der Waals surface area contributed by atoms with Crippen molar-refractivity contribution in [2.45, 2.75) is 19.8 Å². The number of benzene rings is 2. The molecule has 0 radical (unpaired) electrons. The Kier molecular flexibility index (Phi) is 6.11. The Bertz CT molecular complexity index is 1110. The van der Waals surface area contributed by atoms with Crippen LogP contribution in [0.15, 0.2) is 64.5 Å². The fraction of sp³-hybridized carbons (Fsp3) is 0.174. The first-order valence-electron chi connectivity index (χ1n) is 9.62. The van der Waals surface area contributed by atoms with Crippen LogP contribution in [0.2, 0.25) is 0 Å². The van der Waals surface area contributed by atoms with Crippen LogP contribution < -0.4 is 9.80 Å². The van der Waals surface area contributed by atoms with Gasteiger partial charge in [0.1, 0.15) is 0 Å². The molecule has 2 aromatic carbocycles. The van der Waals surface area contributed by atoms with E-state index in [2.05, 4.69) is 27.0 Å². The second-order valence-corrected chi connectivity index (χ2v) is 8.70. The summed E-state index contributed by atoms with van der Waals surface area (Å²) in [5, 5.41) is 2.42. The van der Waals surface area contributed by atoms with Gasteiger partial charge in [-0.3, -0.25) is 14.5 Å². The molecule has 152 valence electrons. The largest absolute Gasteiger partial charge is 0.309 e. The van der Waals surface area contributed by atoms with Crippen LogP contribution in [-0.4, -0.2) is 23.3 Å². The summed E-state index contributed by atoms with van der Waals surface area (Å²) in [5.41, 5.74) is 3.55. The van der Waals surface area contributed by atoms with E-state index < -0.39 is 0 Å². The highest BCUT2D eigenvalue weighted by atomic mass is 79.9. The molecule has 0 fully saturated rings. The molecule has 5 nitrogen and oxygen atoms in total. The summed E-state index contributed by atoms with van der Waals surface area (Å²) in [5.74, 6) is -0.183. The van der Waals surface area contributed by atoms with Crippen molar-refractivity contribution in [2.24, 2.45) is 0 Å². The van der Waals surface area contributed by atoms with Crippen molar-refractivity contribution in [2.75, 3.05) is 16.3 Å². The average Bonchev–Trinajstić information content (AvgIpc) is 3.20. The number of fused-ring (bicyclic) bond motifs is 1. The fourth-order valence-corrected chi connectivity index (χ4v) is 4.76. The predicted molar refractivity (Wildman–Crippen MR) is 125 cm³/mol. The predicted octanol–water partition coefficient (Wildman–Crippen LogP) is 5.58. The molecule has 0 atom stereocenters. The Labute approximate surface area is 187 Å². The van der Waals surface area contributed by atoms with E-state index in [9.17, 15) is 9.59 Å². The van der Waals surface area contributed by atoms with E-state index in [1.165, 1.54) is 23.8 Å². The smallest absolute Gasteiger partial charge is 0.251 e. The van der Waals surface area contributed by atoms with Gasteiger partial charge in [-0.25, -0.2) is 4.98 Å². The molecule has 0 unspecified atom stereocenters. The molecule has 1 aliphatic heterocycles. The molecular weight excluding hydrogens is 462 g/mol. The molecule has 0 bridgehead atoms. The van der Waals surface area contributed by atoms with Gasteiger partial charge in [-0.2, -0.15) is 0 Å². The Balaban J connectivity index is 1.53. The van der Waals surface area contributed by atoms with E-state index in [1.807, 2.05) is 47.8 Å². The molecule has 30 heavy (non-hydrogen) atoms. The summed E-state index contributed by atoms with van der Waals surface area (Å²) in [6.07, 6.45) is 5.17. The first-order valence-corrected chi connectivity index (χ1v) is 11.3. The van der Waals surface area contributed by atoms with Gasteiger partial charge in [-0.1, -0.05) is 34.1 Å². The van der Waals surface area contributed by atoms with Gasteiger partial charge < -0.3 is 4.90 Å². The quantitative estimate of drug-likeness (QED) is 0.456. The van der Waals surface area contributed by atoms with E-state index in [-0.39, 0.29) is 11.8 Å². The van der Waals surface area contributed by atoms with Gasteiger partial charge in [-0.05, 0) is 54.8 Å². The molecule has 1 aromatic heterocycles. The Morgan fingerprint density at radius 2 is 2.00 bits per heavy atom. The minimum atomic E-state index is -0.113. The van der Waals surface area contributed by atoms with Crippen molar-refractivity contribution in [1.29, 1.82) is 0 Å². The van der Waals surface area contributed by atoms with Crippen LogP contribution in [0.4, 0.5) is 16.5 Å². The van der Waals surface area contributed by atoms with Crippen LogP contribution in [0.25, 0.3) is 6.08 Å². The highest BCUT2D eigenvalue weighted by Crippen LogP contribution is 2.31. The second-order valence-electron chi connectivity index (χ2n) is 6.94. The molecule has 4 rings (SSSR count). The minimum Gasteiger partial charge on any atom is -0.309 e. The summed E-state index contributed by atoms with van der Waals surface area (Å²) in [4.78, 5) is 32.9. The zero-order chi connectivity index (χ0) is 21.1. The first-order chi connectivity index (χ1) is 14.5. The molecule has 7 heteroatoms. The van der Waals surface area contributed by atoms with Gasteiger partial charge in [0.15, 0.2) is 5.13 Å². The Morgan fingerprint density at radius 1 is 1.20 bits per heavy atom. The van der Waals surface area contributed by atoms with Gasteiger partial charge in [-0.15, -0.1) is 11.3 Å². The number of halogens is 1. The van der Waals surface area contributed by atoms with Crippen molar-refractivity contribution in [3.8, 4) is 0 Å². The lowest BCUT2D eigenvalue weighted by molar-refractivity contribution is -0.116. The molecule has 0 saturated carbocycles. The molecular formula is C23H20BrN3O2S. The van der Waals surface area contributed by atoms with Crippen LogP contribution in [0.3, 0.4) is 0 Å². The number of aromatic nitrogens is 1. The van der Waals surface area contributed by atoms with Crippen molar-refractivity contribution in [3.63, 3.8) is 0 Å². The molecule has 0 spiro atoms. The third-order valence-electron chi connectivity index (χ3n) is 4.85. The molecule has 2 amide bonds. The Hall–Kier alpha value is -2.77. The number of hydrogen-bond donors (Lipinski definition) is 0. The molecule has 0 saturated heterocycles. The van der Waals surface area contributed by atoms with E-state index in [4.69, 9.17) is 0 Å². The maximum Gasteiger partial charge on any atom is 0.251 e. The van der Waals surface area contributed by atoms with Gasteiger partial charge in [0.05, 0.1) is 11.4 Å². The topological polar surface area (TPSA) is 53.5 Å². The van der Waals surface area contributed by atoms with Gasteiger partial charge in [0.25, 0.3) is 5.91 Å². The Morgan fingerprint density at radius 3 is 2.77 bits per heavy atom. The number of anilines is 3. The molecule has 2 heterocycles. The van der Waals surface area contributed by atoms with Crippen LogP contribution in [-0.2, 0) is 16.0 Å². The van der Waals surface area contributed by atoms with Crippen LogP contribution >= 0.6 is 27.3 Å². The summed E-state index contributed by atoms with van der Waals surface area (Å²) < 4.78 is 1.02. The van der Waals surface area contributed by atoms with Crippen LogP contribution in [0.1, 0.15) is 24.6 Å². The van der Waals surface area contributed by atoms with E-state index >= 15 is 0 Å². The number of rotatable bonds is 4. The lowest BCUT2D eigenvalue weighted by Crippen LogP contribution is -2.34. The number of nitrogens with zero attached hydrogens (tertiary/aromatic N) is 3. The zero-order valence-corrected chi connectivity index (χ0v) is 18.8. The number of para-hydroxylation sites is 1. The minimum absolute atomic E-state index is 0.0701. The molecule has 0 aliphatic carbocycles. The lowest BCUT2D eigenvalue weighted by Gasteiger charge is -2.28. The summed E-state index contributed by atoms with van der Waals surface area (Å²) in [6.45, 7) is 2.21. The van der Waals surface area contributed by atoms with Crippen molar-refractivity contribution in [3.05, 3.63) is 75.7 Å². The first kappa shape index (κ1) is 20.5. The van der Waals surface area contributed by atoms with E-state index in [0.717, 1.165) is 28.7 Å². The summed E-state index contributed by atoms with van der Waals surface area (Å²) in [6, 6.07) is 15.4. The van der Waals surface area contributed by atoms with E-state index in [0.29, 0.717) is 17.4 Å². The van der Waals surface area contributed by atoms with E-state index in [1.54, 1.807) is 22.0 Å². The average molecular weight is 482 g/mol. The zero-order valence-electron chi connectivity index (χ0n) is 16.4. The number of aryl methyl sites for hydroxylation is 1. The number of carbonyl (C=O) groups excluding carboxylic acids is 2. The maximum atomic E-state index is 12.8. The second kappa shape index (κ2) is 8.93. The monoisotopic (exact) mass is 481 g/mol. The van der Waals surface area contributed by atoms with Gasteiger partial charge in [0, 0.05) is 35.1 Å². The number of hydrogen-bond acceptors (Lipinski definition) is 4. The molecule has 3 aromatic rings. The van der Waals surface area contributed by atoms with Crippen molar-refractivity contribution >= 4 is 61.7 Å². The summed E-state index contributed by atoms with van der Waals surface area (Å²) >= 11 is 4.87. The third-order valence-corrected chi connectivity index (χ3v) is 6.19. The lowest BCUT2D eigenvalue weighted by atomic mass is 10.0. The number of carbonyl (C=O) groups is 2. The van der Waals surface area contributed by atoms with Crippen molar-refractivity contribution < 1.29 is 9.59 Å². The highest BCUT2D eigenvalue weighted by molar-refractivity contribution is 9.10.